The van der Waals surface area contributed by atoms with Crippen LogP contribution in [-0.4, -0.2) is 54.3 Å². The molecule has 0 spiro atoms. The Hall–Kier alpha value is -3.33. The Morgan fingerprint density at radius 1 is 1.23 bits per heavy atom. The SMILES string of the molecule is COc1c(C)cnc(COC(=O)Nc2cc(N3CCOCC3)c3cnn(C)c3c2)c1C. The first-order valence-electron chi connectivity index (χ1n) is 10.2. The zero-order chi connectivity index (χ0) is 22.0. The Kier molecular flexibility index (Phi) is 5.94. The van der Waals surface area contributed by atoms with Gasteiger partial charge in [0.05, 0.1) is 37.7 Å². The van der Waals surface area contributed by atoms with E-state index in [0.29, 0.717) is 24.6 Å². The maximum atomic E-state index is 12.5. The zero-order valence-electron chi connectivity index (χ0n) is 18.3. The van der Waals surface area contributed by atoms with Crippen molar-refractivity contribution in [2.75, 3.05) is 43.6 Å². The second-order valence-electron chi connectivity index (χ2n) is 7.54. The van der Waals surface area contributed by atoms with Crippen molar-refractivity contribution in [2.24, 2.45) is 7.05 Å². The van der Waals surface area contributed by atoms with Gasteiger partial charge >= 0.3 is 6.09 Å². The first-order chi connectivity index (χ1) is 15.0. The average molecular weight is 425 g/mol. The topological polar surface area (TPSA) is 90.7 Å². The monoisotopic (exact) mass is 425 g/mol. The van der Waals surface area contributed by atoms with Crippen molar-refractivity contribution >= 4 is 28.4 Å². The van der Waals surface area contributed by atoms with E-state index < -0.39 is 6.09 Å². The molecule has 1 aromatic carbocycles. The molecule has 4 rings (SSSR count). The number of rotatable bonds is 5. The van der Waals surface area contributed by atoms with E-state index in [9.17, 15) is 4.79 Å². The largest absolute Gasteiger partial charge is 0.496 e. The predicted molar refractivity (Wildman–Crippen MR) is 118 cm³/mol. The standard InChI is InChI=1S/C22H27N5O4/c1-14-11-23-18(15(2)21(14)29-4)13-31-22(28)25-16-9-19-17(12-24-26(19)3)20(10-16)27-5-7-30-8-6-27/h9-12H,5-8,13H2,1-4H3,(H,25,28). The van der Waals surface area contributed by atoms with Crippen LogP contribution in [0.4, 0.5) is 16.2 Å². The number of methoxy groups -OCH3 is 1. The van der Waals surface area contributed by atoms with Crippen LogP contribution in [0.25, 0.3) is 10.9 Å². The molecule has 1 N–H and O–H groups in total. The van der Waals surface area contributed by atoms with E-state index >= 15 is 0 Å². The molecule has 9 heteroatoms. The molecule has 1 fully saturated rings. The lowest BCUT2D eigenvalue weighted by molar-refractivity contribution is 0.123. The smallest absolute Gasteiger partial charge is 0.412 e. The van der Waals surface area contributed by atoms with Gasteiger partial charge in [0.2, 0.25) is 0 Å². The number of anilines is 2. The number of fused-ring (bicyclic) bond motifs is 1. The van der Waals surface area contributed by atoms with Crippen molar-refractivity contribution in [1.29, 1.82) is 0 Å². The Morgan fingerprint density at radius 3 is 2.74 bits per heavy atom. The number of aryl methyl sites for hydroxylation is 2. The molecular weight excluding hydrogens is 398 g/mol. The molecule has 0 atom stereocenters. The number of hydrogen-bond acceptors (Lipinski definition) is 7. The number of carbonyl (C=O) groups is 1. The summed E-state index contributed by atoms with van der Waals surface area (Å²) in [7, 11) is 3.50. The molecule has 3 heterocycles. The Bertz CT molecular complexity index is 1100. The van der Waals surface area contributed by atoms with E-state index in [-0.39, 0.29) is 6.61 Å². The van der Waals surface area contributed by atoms with Crippen molar-refractivity contribution in [1.82, 2.24) is 14.8 Å². The lowest BCUT2D eigenvalue weighted by Crippen LogP contribution is -2.36. The summed E-state index contributed by atoms with van der Waals surface area (Å²) in [6, 6.07) is 3.85. The van der Waals surface area contributed by atoms with Crippen molar-refractivity contribution < 1.29 is 19.0 Å². The van der Waals surface area contributed by atoms with Crippen molar-refractivity contribution in [3.05, 3.63) is 41.3 Å². The first-order valence-corrected chi connectivity index (χ1v) is 10.2. The van der Waals surface area contributed by atoms with Gasteiger partial charge in [-0.05, 0) is 26.0 Å². The van der Waals surface area contributed by atoms with Crippen LogP contribution in [0.2, 0.25) is 0 Å². The Balaban J connectivity index is 1.52. The molecule has 0 saturated carbocycles. The lowest BCUT2D eigenvalue weighted by atomic mass is 10.1. The van der Waals surface area contributed by atoms with E-state index in [1.54, 1.807) is 18.0 Å². The summed E-state index contributed by atoms with van der Waals surface area (Å²) in [6.07, 6.45) is 3.02. The number of amides is 1. The van der Waals surface area contributed by atoms with Gasteiger partial charge in [0.1, 0.15) is 12.4 Å². The summed E-state index contributed by atoms with van der Waals surface area (Å²) < 4.78 is 18.1. The molecule has 3 aromatic rings. The van der Waals surface area contributed by atoms with E-state index in [1.807, 2.05) is 39.2 Å². The Labute approximate surface area is 180 Å². The van der Waals surface area contributed by atoms with E-state index in [0.717, 1.165) is 46.6 Å². The maximum absolute atomic E-state index is 12.5. The predicted octanol–water partition coefficient (Wildman–Crippen LogP) is 3.18. The second kappa shape index (κ2) is 8.81. The molecule has 164 valence electrons. The van der Waals surface area contributed by atoms with Gasteiger partial charge in [-0.25, -0.2) is 4.79 Å². The fourth-order valence-corrected chi connectivity index (χ4v) is 3.87. The van der Waals surface area contributed by atoms with Gasteiger partial charge in [-0.15, -0.1) is 0 Å². The van der Waals surface area contributed by atoms with Crippen LogP contribution >= 0.6 is 0 Å². The van der Waals surface area contributed by atoms with E-state index in [4.69, 9.17) is 14.2 Å². The van der Waals surface area contributed by atoms with Crippen LogP contribution < -0.4 is 15.0 Å². The van der Waals surface area contributed by atoms with Gasteiger partial charge in [0, 0.05) is 54.2 Å². The molecule has 1 aliphatic rings. The van der Waals surface area contributed by atoms with Crippen LogP contribution in [0, 0.1) is 13.8 Å². The summed E-state index contributed by atoms with van der Waals surface area (Å²) in [5, 5.41) is 8.25. The van der Waals surface area contributed by atoms with Crippen LogP contribution in [0.3, 0.4) is 0 Å². The molecule has 0 radical (unpaired) electrons. The Morgan fingerprint density at radius 2 is 2.00 bits per heavy atom. The highest BCUT2D eigenvalue weighted by molar-refractivity contribution is 5.98. The third-order valence-corrected chi connectivity index (χ3v) is 5.53. The number of morpholine rings is 1. The van der Waals surface area contributed by atoms with E-state index in [1.165, 1.54) is 0 Å². The van der Waals surface area contributed by atoms with Gasteiger partial charge in [-0.1, -0.05) is 0 Å². The number of carbonyl (C=O) groups excluding carboxylic acids is 1. The van der Waals surface area contributed by atoms with Gasteiger partial charge in [0.25, 0.3) is 0 Å². The molecule has 2 aromatic heterocycles. The fraction of sp³-hybridized carbons (Fsp3) is 0.409. The minimum atomic E-state index is -0.546. The van der Waals surface area contributed by atoms with Crippen molar-refractivity contribution in [3.8, 4) is 5.75 Å². The van der Waals surface area contributed by atoms with Crippen molar-refractivity contribution in [3.63, 3.8) is 0 Å². The van der Waals surface area contributed by atoms with Gasteiger partial charge in [-0.3, -0.25) is 15.0 Å². The second-order valence-corrected chi connectivity index (χ2v) is 7.54. The summed E-state index contributed by atoms with van der Waals surface area (Å²) in [6.45, 7) is 6.81. The maximum Gasteiger partial charge on any atom is 0.412 e. The molecule has 1 aliphatic heterocycles. The molecular formula is C22H27N5O4. The number of ether oxygens (including phenoxy) is 3. The van der Waals surface area contributed by atoms with Crippen LogP contribution in [-0.2, 0) is 23.1 Å². The summed E-state index contributed by atoms with van der Waals surface area (Å²) in [4.78, 5) is 19.1. The summed E-state index contributed by atoms with van der Waals surface area (Å²) >= 11 is 0. The number of hydrogen-bond donors (Lipinski definition) is 1. The van der Waals surface area contributed by atoms with Crippen LogP contribution in [0.5, 0.6) is 5.75 Å². The summed E-state index contributed by atoms with van der Waals surface area (Å²) in [5.74, 6) is 0.755. The third kappa shape index (κ3) is 4.27. The van der Waals surface area contributed by atoms with Gasteiger partial charge in [0.15, 0.2) is 0 Å². The fourth-order valence-electron chi connectivity index (χ4n) is 3.87. The average Bonchev–Trinajstić information content (AvgIpc) is 3.14. The molecule has 0 unspecified atom stereocenters. The number of nitrogens with zero attached hydrogens (tertiary/aromatic N) is 4. The highest BCUT2D eigenvalue weighted by Crippen LogP contribution is 2.31. The zero-order valence-corrected chi connectivity index (χ0v) is 18.3. The lowest BCUT2D eigenvalue weighted by Gasteiger charge is -2.29. The van der Waals surface area contributed by atoms with E-state index in [2.05, 4.69) is 20.3 Å². The quantitative estimate of drug-likeness (QED) is 0.671. The molecule has 1 saturated heterocycles. The number of pyridine rings is 1. The van der Waals surface area contributed by atoms with Crippen LogP contribution in [0.15, 0.2) is 24.5 Å². The number of aromatic nitrogens is 3. The third-order valence-electron chi connectivity index (χ3n) is 5.53. The molecule has 31 heavy (non-hydrogen) atoms. The number of benzene rings is 1. The first kappa shape index (κ1) is 20.9. The number of nitrogens with one attached hydrogen (secondary N) is 1. The highest BCUT2D eigenvalue weighted by Gasteiger charge is 2.18. The normalized spacial score (nSPS) is 14.0. The molecule has 0 aliphatic carbocycles. The minimum absolute atomic E-state index is 0.0541. The highest BCUT2D eigenvalue weighted by atomic mass is 16.5. The van der Waals surface area contributed by atoms with Crippen molar-refractivity contribution in [2.45, 2.75) is 20.5 Å². The molecule has 0 bridgehead atoms. The minimum Gasteiger partial charge on any atom is -0.496 e. The van der Waals surface area contributed by atoms with Crippen LogP contribution in [0.1, 0.15) is 16.8 Å². The summed E-state index contributed by atoms with van der Waals surface area (Å²) in [5.41, 5.74) is 5.06. The van der Waals surface area contributed by atoms with Gasteiger partial charge in [-0.2, -0.15) is 5.10 Å². The van der Waals surface area contributed by atoms with Gasteiger partial charge < -0.3 is 19.1 Å². The molecule has 9 nitrogen and oxygen atoms in total. The molecule has 1 amide bonds.